The van der Waals surface area contributed by atoms with Crippen LogP contribution in [0, 0.1) is 5.41 Å². The van der Waals surface area contributed by atoms with Crippen molar-refractivity contribution in [3.63, 3.8) is 0 Å². The third kappa shape index (κ3) is 15.2. The number of nitrogens with two attached hydrogens (primary N) is 1. The Morgan fingerprint density at radius 2 is 1.56 bits per heavy atom. The molecule has 0 aliphatic carbocycles. The van der Waals surface area contributed by atoms with Gasteiger partial charge in [0.15, 0.2) is 5.78 Å². The van der Waals surface area contributed by atoms with E-state index in [2.05, 4.69) is 29.8 Å². The van der Waals surface area contributed by atoms with Crippen LogP contribution >= 0.6 is 0 Å². The maximum atomic E-state index is 12.4. The summed E-state index contributed by atoms with van der Waals surface area (Å²) in [5.74, 6) is -0.858. The van der Waals surface area contributed by atoms with E-state index in [4.69, 9.17) is 5.73 Å². The molecule has 0 spiro atoms. The fourth-order valence-corrected chi connectivity index (χ4v) is 1.76. The highest BCUT2D eigenvalue weighted by Gasteiger charge is 2.30. The molecular formula is C17H34N4O4. The number of Topliss-reactive ketones (excluding diaryl/α,β-unsaturated/α-hetero) is 1. The smallest absolute Gasteiger partial charge is 0.312 e. The van der Waals surface area contributed by atoms with Crippen LogP contribution in [0.3, 0.4) is 0 Å². The molecule has 0 aromatic carbocycles. The summed E-state index contributed by atoms with van der Waals surface area (Å²) < 4.78 is 0. The largest absolute Gasteiger partial charge is 0.352 e. The monoisotopic (exact) mass is 358 g/mol. The van der Waals surface area contributed by atoms with Crippen molar-refractivity contribution in [2.75, 3.05) is 13.1 Å². The lowest BCUT2D eigenvalue weighted by Gasteiger charge is -2.25. The first-order chi connectivity index (χ1) is 11.4. The zero-order valence-corrected chi connectivity index (χ0v) is 16.3. The Morgan fingerprint density at radius 1 is 1.04 bits per heavy atom. The second-order valence-corrected chi connectivity index (χ2v) is 6.78. The van der Waals surface area contributed by atoms with Gasteiger partial charge < -0.3 is 21.7 Å². The average Bonchev–Trinajstić information content (AvgIpc) is 2.47. The summed E-state index contributed by atoms with van der Waals surface area (Å²) in [6.07, 6.45) is 2.12. The predicted octanol–water partition coefficient (Wildman–Crippen LogP) is 1.09. The molecule has 0 aromatic rings. The molecule has 0 bridgehead atoms. The minimum atomic E-state index is -0.670. The highest BCUT2D eigenvalue weighted by molar-refractivity contribution is 5.93. The fourth-order valence-electron chi connectivity index (χ4n) is 1.76. The van der Waals surface area contributed by atoms with Gasteiger partial charge in [0.05, 0.1) is 12.6 Å². The fraction of sp³-hybridized carbons (Fsp3) is 0.765. The van der Waals surface area contributed by atoms with E-state index in [1.54, 1.807) is 20.8 Å². The van der Waals surface area contributed by atoms with Gasteiger partial charge in [-0.05, 0) is 12.8 Å². The molecule has 146 valence electrons. The van der Waals surface area contributed by atoms with E-state index in [1.807, 2.05) is 0 Å². The van der Waals surface area contributed by atoms with Crippen LogP contribution in [-0.2, 0) is 14.4 Å². The highest BCUT2D eigenvalue weighted by Crippen LogP contribution is 2.18. The Balaban J connectivity index is 0. The molecular weight excluding hydrogens is 324 g/mol. The van der Waals surface area contributed by atoms with Gasteiger partial charge in [0.2, 0.25) is 11.8 Å². The molecule has 1 atom stereocenters. The summed E-state index contributed by atoms with van der Waals surface area (Å²) in [5.41, 5.74) is 4.35. The lowest BCUT2D eigenvalue weighted by Crippen LogP contribution is -2.48. The van der Waals surface area contributed by atoms with Gasteiger partial charge in [-0.25, -0.2) is 4.79 Å². The molecule has 0 fully saturated rings. The van der Waals surface area contributed by atoms with Crippen LogP contribution in [0.25, 0.3) is 0 Å². The van der Waals surface area contributed by atoms with Gasteiger partial charge in [-0.15, -0.1) is 0 Å². The topological polar surface area (TPSA) is 130 Å². The summed E-state index contributed by atoms with van der Waals surface area (Å²) in [6, 6.07) is -1.30. The number of carbonyl (C=O) groups excluding carboxylic acids is 4. The molecule has 0 saturated heterocycles. The number of nitrogens with one attached hydrogen (secondary N) is 3. The molecule has 0 heterocycles. The number of primary amides is 1. The molecule has 0 rings (SSSR count). The first kappa shape index (κ1) is 25.1. The van der Waals surface area contributed by atoms with Crippen LogP contribution < -0.4 is 21.7 Å². The van der Waals surface area contributed by atoms with Gasteiger partial charge >= 0.3 is 6.03 Å². The van der Waals surface area contributed by atoms with Crippen molar-refractivity contribution in [2.45, 2.75) is 66.8 Å². The first-order valence-electron chi connectivity index (χ1n) is 8.57. The maximum Gasteiger partial charge on any atom is 0.312 e. The van der Waals surface area contributed by atoms with E-state index >= 15 is 0 Å². The van der Waals surface area contributed by atoms with Crippen LogP contribution in [0.15, 0.2) is 0 Å². The number of hydrogen-bond acceptors (Lipinski definition) is 4. The van der Waals surface area contributed by atoms with Gasteiger partial charge in [0.1, 0.15) is 0 Å². The van der Waals surface area contributed by atoms with Crippen molar-refractivity contribution < 1.29 is 19.2 Å². The summed E-state index contributed by atoms with van der Waals surface area (Å²) in [5, 5.41) is 7.42. The number of hydrogen-bond donors (Lipinski definition) is 4. The van der Waals surface area contributed by atoms with Gasteiger partial charge in [-0.3, -0.25) is 14.4 Å². The lowest BCUT2D eigenvalue weighted by atomic mass is 9.85. The predicted molar refractivity (Wildman–Crippen MR) is 97.9 cm³/mol. The normalized spacial score (nSPS) is 11.4. The molecule has 1 unspecified atom stereocenters. The zero-order chi connectivity index (χ0) is 20.0. The third-order valence-corrected chi connectivity index (χ3v) is 2.86. The van der Waals surface area contributed by atoms with Gasteiger partial charge in [0, 0.05) is 18.9 Å². The van der Waals surface area contributed by atoms with Crippen molar-refractivity contribution in [1.82, 2.24) is 16.0 Å². The summed E-state index contributed by atoms with van der Waals surface area (Å²) in [4.78, 5) is 45.5. The molecule has 8 heteroatoms. The molecule has 0 radical (unpaired) electrons. The standard InChI is InChI=1S/C14H26N4O4.C3H8/c1-9(19)17-8-11(20)18-10(12(21)14(2,3)4)6-5-7-16-13(15)22;1-3-2/h10H,5-8H2,1-4H3,(H,17,19)(H,18,20)(H3,15,16,22);3H2,1-2H3. The Morgan fingerprint density at radius 3 is 1.96 bits per heavy atom. The van der Waals surface area contributed by atoms with Crippen LogP contribution in [0.5, 0.6) is 0 Å². The number of rotatable bonds is 8. The highest BCUT2D eigenvalue weighted by atomic mass is 16.2. The van der Waals surface area contributed by atoms with Gasteiger partial charge in [-0.1, -0.05) is 41.0 Å². The molecule has 0 saturated carbocycles. The van der Waals surface area contributed by atoms with E-state index in [0.29, 0.717) is 19.4 Å². The summed E-state index contributed by atoms with van der Waals surface area (Å²) in [6.45, 7) is 11.0. The minimum Gasteiger partial charge on any atom is -0.352 e. The van der Waals surface area contributed by atoms with Crippen molar-refractivity contribution in [3.05, 3.63) is 0 Å². The number of ketones is 1. The van der Waals surface area contributed by atoms with Crippen molar-refractivity contribution in [2.24, 2.45) is 11.1 Å². The van der Waals surface area contributed by atoms with E-state index < -0.39 is 23.4 Å². The number of urea groups is 1. The Labute approximate surface area is 150 Å². The molecule has 0 aromatic heterocycles. The maximum absolute atomic E-state index is 12.4. The van der Waals surface area contributed by atoms with Crippen LogP contribution in [0.2, 0.25) is 0 Å². The van der Waals surface area contributed by atoms with Crippen LogP contribution in [0.4, 0.5) is 4.79 Å². The number of carbonyl (C=O) groups is 4. The molecule has 0 aliphatic heterocycles. The number of amides is 4. The van der Waals surface area contributed by atoms with Crippen LogP contribution in [-0.4, -0.2) is 42.8 Å². The first-order valence-corrected chi connectivity index (χ1v) is 8.57. The van der Waals surface area contributed by atoms with E-state index in [0.717, 1.165) is 0 Å². The molecule has 0 aliphatic rings. The molecule has 5 N–H and O–H groups in total. The van der Waals surface area contributed by atoms with Gasteiger partial charge in [-0.2, -0.15) is 0 Å². The molecule has 25 heavy (non-hydrogen) atoms. The SMILES string of the molecule is CC(=O)NCC(=O)NC(CCCNC(N)=O)C(=O)C(C)(C)C.CCC. The zero-order valence-electron chi connectivity index (χ0n) is 16.3. The van der Waals surface area contributed by atoms with Crippen molar-refractivity contribution in [3.8, 4) is 0 Å². The molecule has 4 amide bonds. The Bertz CT molecular complexity index is 444. The lowest BCUT2D eigenvalue weighted by molar-refractivity contribution is -0.132. The van der Waals surface area contributed by atoms with Gasteiger partial charge in [0.25, 0.3) is 0 Å². The molecule has 8 nitrogen and oxygen atoms in total. The van der Waals surface area contributed by atoms with Crippen LogP contribution in [0.1, 0.15) is 60.8 Å². The van der Waals surface area contributed by atoms with Crippen molar-refractivity contribution in [1.29, 1.82) is 0 Å². The second-order valence-electron chi connectivity index (χ2n) is 6.78. The summed E-state index contributed by atoms with van der Waals surface area (Å²) in [7, 11) is 0. The van der Waals surface area contributed by atoms with E-state index in [-0.39, 0.29) is 18.2 Å². The van der Waals surface area contributed by atoms with E-state index in [1.165, 1.54) is 13.3 Å². The summed E-state index contributed by atoms with van der Waals surface area (Å²) >= 11 is 0. The van der Waals surface area contributed by atoms with Crippen molar-refractivity contribution >= 4 is 23.6 Å². The minimum absolute atomic E-state index is 0.109. The Hall–Kier alpha value is -2.12. The third-order valence-electron chi connectivity index (χ3n) is 2.86. The Kier molecular flexibility index (Phi) is 13.3. The quantitative estimate of drug-likeness (QED) is 0.484. The van der Waals surface area contributed by atoms with E-state index in [9.17, 15) is 19.2 Å². The average molecular weight is 358 g/mol. The second kappa shape index (κ2) is 13.2.